The highest BCUT2D eigenvalue weighted by Gasteiger charge is 2.37. The minimum Gasteiger partial charge on any atom is -0.468 e. The first-order chi connectivity index (χ1) is 7.58. The summed E-state index contributed by atoms with van der Waals surface area (Å²) in [6, 6.07) is 0.309. The van der Waals surface area contributed by atoms with Crippen LogP contribution in [-0.2, 0) is 9.53 Å². The van der Waals surface area contributed by atoms with Gasteiger partial charge in [0.15, 0.2) is 0 Å². The Morgan fingerprint density at radius 1 is 1.44 bits per heavy atom. The van der Waals surface area contributed by atoms with Crippen molar-refractivity contribution in [2.75, 3.05) is 7.11 Å². The van der Waals surface area contributed by atoms with Gasteiger partial charge in [0.05, 0.1) is 7.11 Å². The van der Waals surface area contributed by atoms with Crippen LogP contribution in [0.1, 0.15) is 46.5 Å². The lowest BCUT2D eigenvalue weighted by Crippen LogP contribution is -2.44. The second kappa shape index (κ2) is 6.24. The lowest BCUT2D eigenvalue weighted by Gasteiger charge is -2.23. The Morgan fingerprint density at radius 3 is 2.50 bits per heavy atom. The number of hydrogen-bond acceptors (Lipinski definition) is 3. The standard InChI is InChI=1S/C13H25NO2/c1-5-9(2)8-10(3)14-12(11-6-7-11)13(15)16-4/h9-12,14H,5-8H2,1-4H3. The number of rotatable bonds is 7. The van der Waals surface area contributed by atoms with Gasteiger partial charge in [-0.05, 0) is 38.0 Å². The predicted octanol–water partition coefficient (Wildman–Crippen LogP) is 2.35. The van der Waals surface area contributed by atoms with E-state index in [1.165, 1.54) is 13.5 Å². The molecule has 0 amide bonds. The molecular weight excluding hydrogens is 202 g/mol. The van der Waals surface area contributed by atoms with Crippen LogP contribution in [0.25, 0.3) is 0 Å². The molecule has 0 spiro atoms. The largest absolute Gasteiger partial charge is 0.468 e. The lowest BCUT2D eigenvalue weighted by molar-refractivity contribution is -0.144. The number of nitrogens with one attached hydrogen (secondary N) is 1. The lowest BCUT2D eigenvalue weighted by atomic mass is 9.99. The van der Waals surface area contributed by atoms with Crippen molar-refractivity contribution in [3.63, 3.8) is 0 Å². The van der Waals surface area contributed by atoms with Crippen LogP contribution in [0.2, 0.25) is 0 Å². The van der Waals surface area contributed by atoms with Gasteiger partial charge in [-0.2, -0.15) is 0 Å². The van der Waals surface area contributed by atoms with E-state index in [1.54, 1.807) is 0 Å². The summed E-state index contributed by atoms with van der Waals surface area (Å²) in [5.74, 6) is 1.12. The summed E-state index contributed by atoms with van der Waals surface area (Å²) in [6.45, 7) is 6.61. The summed E-state index contributed by atoms with van der Waals surface area (Å²) >= 11 is 0. The molecule has 1 aliphatic carbocycles. The van der Waals surface area contributed by atoms with Crippen molar-refractivity contribution in [1.82, 2.24) is 5.32 Å². The normalized spacial score (nSPS) is 21.2. The Bertz CT molecular complexity index is 226. The van der Waals surface area contributed by atoms with E-state index in [2.05, 4.69) is 26.1 Å². The zero-order valence-electron chi connectivity index (χ0n) is 11.0. The molecule has 0 saturated heterocycles. The number of carbonyl (C=O) groups excluding carboxylic acids is 1. The Kier molecular flexibility index (Phi) is 5.26. The van der Waals surface area contributed by atoms with Crippen LogP contribution in [0.5, 0.6) is 0 Å². The summed E-state index contributed by atoms with van der Waals surface area (Å²) in [5, 5.41) is 3.42. The molecule has 0 aromatic rings. The van der Waals surface area contributed by atoms with Crippen molar-refractivity contribution in [2.45, 2.75) is 58.5 Å². The van der Waals surface area contributed by atoms with E-state index < -0.39 is 0 Å². The van der Waals surface area contributed by atoms with Gasteiger partial charge in [-0.3, -0.25) is 4.79 Å². The Balaban J connectivity index is 2.38. The van der Waals surface area contributed by atoms with Gasteiger partial charge in [-0.1, -0.05) is 20.3 Å². The molecule has 0 aromatic carbocycles. The maximum atomic E-state index is 11.6. The molecule has 1 fully saturated rings. The molecule has 0 heterocycles. The summed E-state index contributed by atoms with van der Waals surface area (Å²) in [7, 11) is 1.47. The van der Waals surface area contributed by atoms with E-state index in [4.69, 9.17) is 4.74 Å². The molecule has 16 heavy (non-hydrogen) atoms. The Labute approximate surface area is 98.9 Å². The van der Waals surface area contributed by atoms with E-state index >= 15 is 0 Å². The summed E-state index contributed by atoms with van der Waals surface area (Å²) in [6.07, 6.45) is 4.63. The van der Waals surface area contributed by atoms with Crippen LogP contribution in [0.3, 0.4) is 0 Å². The third-order valence-electron chi connectivity index (χ3n) is 3.47. The minimum absolute atomic E-state index is 0.0796. The topological polar surface area (TPSA) is 38.3 Å². The molecule has 3 nitrogen and oxygen atoms in total. The van der Waals surface area contributed by atoms with Crippen LogP contribution in [0.15, 0.2) is 0 Å². The molecule has 3 heteroatoms. The number of ether oxygens (including phenoxy) is 1. The van der Waals surface area contributed by atoms with Crippen LogP contribution >= 0.6 is 0 Å². The minimum atomic E-state index is -0.0986. The summed E-state index contributed by atoms with van der Waals surface area (Å²) < 4.78 is 4.84. The van der Waals surface area contributed by atoms with E-state index in [1.807, 2.05) is 0 Å². The molecule has 3 atom stereocenters. The zero-order chi connectivity index (χ0) is 12.1. The van der Waals surface area contributed by atoms with E-state index in [0.717, 1.165) is 19.3 Å². The predicted molar refractivity (Wildman–Crippen MR) is 65.2 cm³/mol. The first-order valence-electron chi connectivity index (χ1n) is 6.42. The highest BCUT2D eigenvalue weighted by Crippen LogP contribution is 2.33. The third-order valence-corrected chi connectivity index (χ3v) is 3.47. The average Bonchev–Trinajstić information content (AvgIpc) is 3.08. The number of methoxy groups -OCH3 is 1. The fourth-order valence-electron chi connectivity index (χ4n) is 2.10. The Morgan fingerprint density at radius 2 is 2.06 bits per heavy atom. The molecule has 0 aromatic heterocycles. The third kappa shape index (κ3) is 4.12. The fraction of sp³-hybridized carbons (Fsp3) is 0.923. The molecule has 94 valence electrons. The molecule has 0 aliphatic heterocycles. The summed E-state index contributed by atoms with van der Waals surface area (Å²) in [5.41, 5.74) is 0. The van der Waals surface area contributed by atoms with Gasteiger partial charge in [0.25, 0.3) is 0 Å². The smallest absolute Gasteiger partial charge is 0.323 e. The van der Waals surface area contributed by atoms with Crippen LogP contribution in [0.4, 0.5) is 0 Å². The monoisotopic (exact) mass is 227 g/mol. The number of hydrogen-bond donors (Lipinski definition) is 1. The van der Waals surface area contributed by atoms with Crippen molar-refractivity contribution in [2.24, 2.45) is 11.8 Å². The van der Waals surface area contributed by atoms with E-state index in [-0.39, 0.29) is 12.0 Å². The van der Waals surface area contributed by atoms with Crippen molar-refractivity contribution >= 4 is 5.97 Å². The van der Waals surface area contributed by atoms with Crippen LogP contribution in [-0.4, -0.2) is 25.2 Å². The van der Waals surface area contributed by atoms with Crippen molar-refractivity contribution in [3.8, 4) is 0 Å². The molecule has 0 bridgehead atoms. The van der Waals surface area contributed by atoms with E-state index in [9.17, 15) is 4.79 Å². The summed E-state index contributed by atoms with van der Waals surface area (Å²) in [4.78, 5) is 11.6. The van der Waals surface area contributed by atoms with Gasteiger partial charge in [-0.25, -0.2) is 0 Å². The van der Waals surface area contributed by atoms with Gasteiger partial charge < -0.3 is 10.1 Å². The molecule has 1 aliphatic rings. The highest BCUT2D eigenvalue weighted by molar-refractivity contribution is 5.76. The SMILES string of the molecule is CCC(C)CC(C)NC(C(=O)OC)C1CC1. The molecule has 0 radical (unpaired) electrons. The van der Waals surface area contributed by atoms with E-state index in [0.29, 0.717) is 17.9 Å². The van der Waals surface area contributed by atoms with Gasteiger partial charge >= 0.3 is 5.97 Å². The van der Waals surface area contributed by atoms with Gasteiger partial charge in [0.2, 0.25) is 0 Å². The van der Waals surface area contributed by atoms with Crippen molar-refractivity contribution in [3.05, 3.63) is 0 Å². The quantitative estimate of drug-likeness (QED) is 0.678. The van der Waals surface area contributed by atoms with Gasteiger partial charge in [-0.15, -0.1) is 0 Å². The van der Waals surface area contributed by atoms with Crippen molar-refractivity contribution in [1.29, 1.82) is 0 Å². The van der Waals surface area contributed by atoms with Crippen LogP contribution in [0, 0.1) is 11.8 Å². The zero-order valence-corrected chi connectivity index (χ0v) is 11.0. The first-order valence-corrected chi connectivity index (χ1v) is 6.42. The second-order valence-electron chi connectivity index (χ2n) is 5.16. The maximum Gasteiger partial charge on any atom is 0.323 e. The van der Waals surface area contributed by atoms with Gasteiger partial charge in [0.1, 0.15) is 6.04 Å². The highest BCUT2D eigenvalue weighted by atomic mass is 16.5. The number of esters is 1. The average molecular weight is 227 g/mol. The molecule has 3 unspecified atom stereocenters. The fourth-order valence-corrected chi connectivity index (χ4v) is 2.10. The number of carbonyl (C=O) groups is 1. The molecular formula is C13H25NO2. The molecule has 1 saturated carbocycles. The first kappa shape index (κ1) is 13.5. The maximum absolute atomic E-state index is 11.6. The molecule has 1 N–H and O–H groups in total. The molecule has 1 rings (SSSR count). The van der Waals surface area contributed by atoms with Crippen molar-refractivity contribution < 1.29 is 9.53 Å². The van der Waals surface area contributed by atoms with Crippen LogP contribution < -0.4 is 5.32 Å². The second-order valence-corrected chi connectivity index (χ2v) is 5.16. The van der Waals surface area contributed by atoms with Gasteiger partial charge in [0, 0.05) is 6.04 Å². The Hall–Kier alpha value is -0.570.